The summed E-state index contributed by atoms with van der Waals surface area (Å²) in [5, 5.41) is 1.07. The van der Waals surface area contributed by atoms with Gasteiger partial charge in [0, 0.05) is 22.4 Å². The highest BCUT2D eigenvalue weighted by molar-refractivity contribution is 7.84. The number of para-hydroxylation sites is 1. The molecular weight excluding hydrogens is 322 g/mol. The molecule has 4 nitrogen and oxygen atoms in total. The maximum Gasteiger partial charge on any atom is 0.119 e. The minimum Gasteiger partial charge on any atom is -0.497 e. The van der Waals surface area contributed by atoms with E-state index in [4.69, 9.17) is 9.47 Å². The van der Waals surface area contributed by atoms with Gasteiger partial charge in [-0.25, -0.2) is 0 Å². The smallest absolute Gasteiger partial charge is 0.119 e. The molecule has 0 N–H and O–H groups in total. The van der Waals surface area contributed by atoms with Crippen LogP contribution >= 0.6 is 0 Å². The summed E-state index contributed by atoms with van der Waals surface area (Å²) >= 11 is 0. The number of hydrogen-bond donors (Lipinski definition) is 0. The van der Waals surface area contributed by atoms with E-state index in [0.29, 0.717) is 18.1 Å². The second kappa shape index (κ2) is 7.93. The average molecular weight is 341 g/mol. The molecule has 1 heterocycles. The zero-order valence-electron chi connectivity index (χ0n) is 13.5. The summed E-state index contributed by atoms with van der Waals surface area (Å²) in [4.78, 5) is 4.40. The Balaban J connectivity index is 1.55. The van der Waals surface area contributed by atoms with E-state index in [9.17, 15) is 4.21 Å². The van der Waals surface area contributed by atoms with Gasteiger partial charge in [0.15, 0.2) is 0 Å². The van der Waals surface area contributed by atoms with E-state index in [-0.39, 0.29) is 0 Å². The summed E-state index contributed by atoms with van der Waals surface area (Å²) in [7, 11) is 0.630. The monoisotopic (exact) mass is 341 g/mol. The van der Waals surface area contributed by atoms with Gasteiger partial charge in [0.1, 0.15) is 11.5 Å². The molecule has 0 fully saturated rings. The van der Waals surface area contributed by atoms with Crippen molar-refractivity contribution in [3.8, 4) is 11.5 Å². The fourth-order valence-corrected chi connectivity index (χ4v) is 3.45. The molecule has 3 aromatic rings. The SMILES string of the molecule is COc1ccc(OCCS(=O)Cc2cccc3cccnc23)cc1. The molecule has 0 saturated carbocycles. The number of hydrogen-bond acceptors (Lipinski definition) is 4. The molecule has 1 atom stereocenters. The zero-order chi connectivity index (χ0) is 16.8. The number of ether oxygens (including phenoxy) is 2. The Morgan fingerprint density at radius 3 is 2.54 bits per heavy atom. The summed E-state index contributed by atoms with van der Waals surface area (Å²) in [6.07, 6.45) is 1.77. The summed E-state index contributed by atoms with van der Waals surface area (Å²) in [6, 6.07) is 17.3. The molecule has 3 rings (SSSR count). The quantitative estimate of drug-likeness (QED) is 0.659. The van der Waals surface area contributed by atoms with Crippen molar-refractivity contribution in [3.63, 3.8) is 0 Å². The highest BCUT2D eigenvalue weighted by atomic mass is 32.2. The lowest BCUT2D eigenvalue weighted by atomic mass is 10.1. The van der Waals surface area contributed by atoms with Crippen LogP contribution in [0.3, 0.4) is 0 Å². The summed E-state index contributed by atoms with van der Waals surface area (Å²) in [5.74, 6) is 2.50. The first-order valence-corrected chi connectivity index (χ1v) is 9.19. The maximum absolute atomic E-state index is 12.3. The minimum absolute atomic E-state index is 0.414. The van der Waals surface area contributed by atoms with Crippen LogP contribution < -0.4 is 9.47 Å². The van der Waals surface area contributed by atoms with Crippen molar-refractivity contribution in [2.45, 2.75) is 5.75 Å². The summed E-state index contributed by atoms with van der Waals surface area (Å²) in [5.41, 5.74) is 1.93. The summed E-state index contributed by atoms with van der Waals surface area (Å²) < 4.78 is 23.1. The van der Waals surface area contributed by atoms with Crippen molar-refractivity contribution < 1.29 is 13.7 Å². The van der Waals surface area contributed by atoms with E-state index in [2.05, 4.69) is 4.98 Å². The molecule has 124 valence electrons. The van der Waals surface area contributed by atoms with Gasteiger partial charge in [-0.2, -0.15) is 0 Å². The second-order valence-corrected chi connectivity index (χ2v) is 6.88. The number of fused-ring (bicyclic) bond motifs is 1. The normalized spacial score (nSPS) is 12.0. The van der Waals surface area contributed by atoms with Crippen LogP contribution in [0.2, 0.25) is 0 Å². The highest BCUT2D eigenvalue weighted by Gasteiger charge is 2.07. The Morgan fingerprint density at radius 1 is 1.00 bits per heavy atom. The first kappa shape index (κ1) is 16.5. The fraction of sp³-hybridized carbons (Fsp3) is 0.211. The third kappa shape index (κ3) is 4.11. The number of rotatable bonds is 7. The van der Waals surface area contributed by atoms with Crippen molar-refractivity contribution in [2.24, 2.45) is 0 Å². The number of methoxy groups -OCH3 is 1. The Hall–Kier alpha value is -2.40. The maximum atomic E-state index is 12.3. The van der Waals surface area contributed by atoms with Crippen molar-refractivity contribution in [3.05, 3.63) is 66.4 Å². The van der Waals surface area contributed by atoms with Crippen LogP contribution in [-0.4, -0.2) is 28.7 Å². The molecule has 24 heavy (non-hydrogen) atoms. The lowest BCUT2D eigenvalue weighted by Crippen LogP contribution is -2.10. The first-order chi connectivity index (χ1) is 11.8. The van der Waals surface area contributed by atoms with Gasteiger partial charge >= 0.3 is 0 Å². The predicted octanol–water partition coefficient (Wildman–Crippen LogP) is 3.57. The zero-order valence-corrected chi connectivity index (χ0v) is 14.3. The van der Waals surface area contributed by atoms with Gasteiger partial charge in [-0.1, -0.05) is 24.3 Å². The van der Waals surface area contributed by atoms with Crippen LogP contribution in [0.15, 0.2) is 60.8 Å². The van der Waals surface area contributed by atoms with E-state index in [0.717, 1.165) is 28.0 Å². The van der Waals surface area contributed by atoms with Crippen LogP contribution in [0, 0.1) is 0 Å². The molecule has 2 aromatic carbocycles. The topological polar surface area (TPSA) is 48.4 Å². The number of pyridine rings is 1. The molecule has 0 spiro atoms. The molecular formula is C19H19NO3S. The first-order valence-electron chi connectivity index (χ1n) is 7.71. The van der Waals surface area contributed by atoms with Gasteiger partial charge < -0.3 is 9.47 Å². The molecule has 0 aliphatic heterocycles. The van der Waals surface area contributed by atoms with E-state index < -0.39 is 10.8 Å². The lowest BCUT2D eigenvalue weighted by Gasteiger charge is -2.08. The molecule has 0 amide bonds. The van der Waals surface area contributed by atoms with Gasteiger partial charge in [-0.15, -0.1) is 0 Å². The van der Waals surface area contributed by atoms with Crippen LogP contribution in [0.4, 0.5) is 0 Å². The van der Waals surface area contributed by atoms with Gasteiger partial charge in [0.2, 0.25) is 0 Å². The van der Waals surface area contributed by atoms with E-state index in [1.807, 2.05) is 54.6 Å². The largest absolute Gasteiger partial charge is 0.497 e. The Kier molecular flexibility index (Phi) is 5.43. The fourth-order valence-electron chi connectivity index (χ4n) is 2.45. The van der Waals surface area contributed by atoms with Crippen molar-refractivity contribution in [2.75, 3.05) is 19.5 Å². The van der Waals surface area contributed by atoms with Crippen LogP contribution in [0.5, 0.6) is 11.5 Å². The van der Waals surface area contributed by atoms with E-state index in [1.54, 1.807) is 13.3 Å². The Bertz CT molecular complexity index is 828. The van der Waals surface area contributed by atoms with Crippen molar-refractivity contribution in [1.82, 2.24) is 4.98 Å². The molecule has 1 unspecified atom stereocenters. The number of nitrogens with zero attached hydrogens (tertiary/aromatic N) is 1. The molecule has 0 radical (unpaired) electrons. The van der Waals surface area contributed by atoms with Crippen molar-refractivity contribution >= 4 is 21.7 Å². The highest BCUT2D eigenvalue weighted by Crippen LogP contribution is 2.18. The number of benzene rings is 2. The Morgan fingerprint density at radius 2 is 1.75 bits per heavy atom. The molecule has 0 aliphatic rings. The lowest BCUT2D eigenvalue weighted by molar-refractivity contribution is 0.341. The molecule has 5 heteroatoms. The van der Waals surface area contributed by atoms with E-state index in [1.165, 1.54) is 0 Å². The second-order valence-electron chi connectivity index (χ2n) is 5.30. The minimum atomic E-state index is -0.996. The molecule has 0 saturated heterocycles. The van der Waals surface area contributed by atoms with Gasteiger partial charge in [-0.3, -0.25) is 9.19 Å². The van der Waals surface area contributed by atoms with Gasteiger partial charge in [0.25, 0.3) is 0 Å². The van der Waals surface area contributed by atoms with Crippen LogP contribution in [0.25, 0.3) is 10.9 Å². The average Bonchev–Trinajstić information content (AvgIpc) is 2.63. The standard InChI is InChI=1S/C19H19NO3S/c1-22-17-7-9-18(10-8-17)23-12-13-24(21)14-16-5-2-4-15-6-3-11-20-19(15)16/h2-11H,12-14H2,1H3. The molecule has 0 bridgehead atoms. The Labute approximate surface area is 143 Å². The van der Waals surface area contributed by atoms with Crippen LogP contribution in [-0.2, 0) is 16.6 Å². The third-order valence-corrected chi connectivity index (χ3v) is 4.93. The van der Waals surface area contributed by atoms with Crippen LogP contribution in [0.1, 0.15) is 5.56 Å². The predicted molar refractivity (Wildman–Crippen MR) is 96.9 cm³/mol. The van der Waals surface area contributed by atoms with Crippen molar-refractivity contribution in [1.29, 1.82) is 0 Å². The number of aromatic nitrogens is 1. The summed E-state index contributed by atoms with van der Waals surface area (Å²) in [6.45, 7) is 0.414. The van der Waals surface area contributed by atoms with E-state index >= 15 is 0 Å². The molecule has 1 aromatic heterocycles. The third-order valence-electron chi connectivity index (χ3n) is 3.67. The van der Waals surface area contributed by atoms with Gasteiger partial charge in [-0.05, 0) is 35.9 Å². The molecule has 0 aliphatic carbocycles. The van der Waals surface area contributed by atoms with Gasteiger partial charge in [0.05, 0.1) is 30.7 Å².